The van der Waals surface area contributed by atoms with E-state index in [9.17, 15) is 30.3 Å². The van der Waals surface area contributed by atoms with Crippen LogP contribution in [-0.2, 0) is 15.9 Å². The Kier molecular flexibility index (Phi) is 5.97. The summed E-state index contributed by atoms with van der Waals surface area (Å²) in [6.45, 7) is 3.19. The van der Waals surface area contributed by atoms with Crippen molar-refractivity contribution in [1.29, 1.82) is 0 Å². The molecule has 1 saturated heterocycles. The number of benzene rings is 1. The van der Waals surface area contributed by atoms with Crippen LogP contribution in [0.15, 0.2) is 12.1 Å². The lowest BCUT2D eigenvalue weighted by Crippen LogP contribution is -2.59. The Morgan fingerprint density at radius 3 is 2.48 bits per heavy atom. The second-order valence-corrected chi connectivity index (χ2v) is 7.28. The Balaban J connectivity index is 1.65. The average molecular weight is 382 g/mol. The summed E-state index contributed by atoms with van der Waals surface area (Å²) in [5, 5.41) is 48.9. The molecule has 3 rings (SSSR count). The number of hydrogen-bond acceptors (Lipinski definition) is 8. The van der Waals surface area contributed by atoms with Gasteiger partial charge in [-0.25, -0.2) is 0 Å². The van der Waals surface area contributed by atoms with Crippen LogP contribution in [0.4, 0.5) is 0 Å². The first-order chi connectivity index (χ1) is 12.8. The number of rotatable bonds is 5. The lowest BCUT2D eigenvalue weighted by Gasteiger charge is -2.39. The Morgan fingerprint density at radius 1 is 1.11 bits per heavy atom. The topological polar surface area (TPSA) is 137 Å². The largest absolute Gasteiger partial charge is 0.394 e. The van der Waals surface area contributed by atoms with Crippen LogP contribution in [0.3, 0.4) is 0 Å². The summed E-state index contributed by atoms with van der Waals surface area (Å²) in [7, 11) is 0. The molecule has 0 amide bonds. The van der Waals surface area contributed by atoms with Crippen LogP contribution < -0.4 is 0 Å². The van der Waals surface area contributed by atoms with Crippen molar-refractivity contribution in [3.05, 3.63) is 34.4 Å². The minimum atomic E-state index is -1.48. The second kappa shape index (κ2) is 7.92. The van der Waals surface area contributed by atoms with E-state index in [1.807, 2.05) is 13.0 Å². The number of carbonyl (C=O) groups is 1. The molecule has 1 fully saturated rings. The van der Waals surface area contributed by atoms with Crippen molar-refractivity contribution in [2.75, 3.05) is 13.2 Å². The highest BCUT2D eigenvalue weighted by Gasteiger charge is 2.44. The zero-order valence-corrected chi connectivity index (χ0v) is 15.3. The third-order valence-corrected chi connectivity index (χ3v) is 5.48. The molecule has 1 aromatic rings. The number of fused-ring (bicyclic) bond motifs is 1. The molecule has 150 valence electrons. The van der Waals surface area contributed by atoms with Crippen LogP contribution >= 0.6 is 0 Å². The number of Topliss-reactive ketones (excluding diaryl/α,β-unsaturated/α-hetero) is 1. The first kappa shape index (κ1) is 20.3. The van der Waals surface area contributed by atoms with Crippen molar-refractivity contribution in [2.45, 2.75) is 57.1 Å². The second-order valence-electron chi connectivity index (χ2n) is 7.28. The fraction of sp³-hybridized carbons (Fsp3) is 0.632. The van der Waals surface area contributed by atoms with Gasteiger partial charge in [0.1, 0.15) is 24.4 Å². The van der Waals surface area contributed by atoms with Gasteiger partial charge in [0.15, 0.2) is 12.1 Å². The van der Waals surface area contributed by atoms with Gasteiger partial charge in [0.25, 0.3) is 0 Å². The van der Waals surface area contributed by atoms with E-state index in [2.05, 4.69) is 0 Å². The van der Waals surface area contributed by atoms with Crippen LogP contribution in [0.2, 0.25) is 0 Å². The van der Waals surface area contributed by atoms with E-state index in [1.165, 1.54) is 0 Å². The molecular formula is C19H26O8. The summed E-state index contributed by atoms with van der Waals surface area (Å²) in [6.07, 6.45) is -6.92. The van der Waals surface area contributed by atoms with E-state index in [4.69, 9.17) is 9.47 Å². The first-order valence-corrected chi connectivity index (χ1v) is 9.04. The average Bonchev–Trinajstić information content (AvgIpc) is 2.85. The third kappa shape index (κ3) is 3.66. The van der Waals surface area contributed by atoms with E-state index >= 15 is 0 Å². The Labute approximate surface area is 157 Å². The molecule has 7 atom stereocenters. The third-order valence-electron chi connectivity index (χ3n) is 5.48. The molecule has 0 saturated carbocycles. The van der Waals surface area contributed by atoms with Crippen LogP contribution in [0, 0.1) is 12.8 Å². The van der Waals surface area contributed by atoms with Crippen molar-refractivity contribution in [3.63, 3.8) is 0 Å². The van der Waals surface area contributed by atoms with Crippen molar-refractivity contribution in [1.82, 2.24) is 0 Å². The van der Waals surface area contributed by atoms with Gasteiger partial charge in [-0.05, 0) is 36.1 Å². The molecular weight excluding hydrogens is 356 g/mol. The smallest absolute Gasteiger partial charge is 0.186 e. The molecule has 8 nitrogen and oxygen atoms in total. The van der Waals surface area contributed by atoms with E-state index in [0.29, 0.717) is 17.5 Å². The zero-order chi connectivity index (χ0) is 19.9. The van der Waals surface area contributed by atoms with Crippen molar-refractivity contribution in [2.24, 2.45) is 5.92 Å². The van der Waals surface area contributed by atoms with Crippen LogP contribution in [-0.4, -0.2) is 75.2 Å². The van der Waals surface area contributed by atoms with Crippen LogP contribution in [0.25, 0.3) is 0 Å². The fourth-order valence-corrected chi connectivity index (χ4v) is 3.65. The van der Waals surface area contributed by atoms with Gasteiger partial charge in [-0.2, -0.15) is 0 Å². The normalized spacial score (nSPS) is 36.1. The highest BCUT2D eigenvalue weighted by atomic mass is 16.7. The van der Waals surface area contributed by atoms with E-state index in [0.717, 1.165) is 11.1 Å². The minimum absolute atomic E-state index is 0.0893. The number of ketones is 1. The lowest BCUT2D eigenvalue weighted by molar-refractivity contribution is -0.300. The minimum Gasteiger partial charge on any atom is -0.394 e. The summed E-state index contributed by atoms with van der Waals surface area (Å²) in [4.78, 5) is 12.3. The summed E-state index contributed by atoms with van der Waals surface area (Å²) >= 11 is 0. The highest BCUT2D eigenvalue weighted by Crippen LogP contribution is 2.37. The lowest BCUT2D eigenvalue weighted by atomic mass is 9.98. The van der Waals surface area contributed by atoms with Gasteiger partial charge < -0.3 is 35.0 Å². The summed E-state index contributed by atoms with van der Waals surface area (Å²) < 4.78 is 10.8. The van der Waals surface area contributed by atoms with E-state index in [-0.39, 0.29) is 12.4 Å². The molecule has 1 aliphatic carbocycles. The number of aliphatic hydroxyl groups is 5. The van der Waals surface area contributed by atoms with E-state index in [1.54, 1.807) is 13.0 Å². The number of ether oxygens (including phenoxy) is 2. The predicted molar refractivity (Wildman–Crippen MR) is 93.1 cm³/mol. The van der Waals surface area contributed by atoms with Crippen molar-refractivity contribution >= 4 is 5.78 Å². The monoisotopic (exact) mass is 382 g/mol. The summed E-state index contributed by atoms with van der Waals surface area (Å²) in [6, 6.07) is 3.57. The number of carbonyl (C=O) groups excluding carboxylic acids is 1. The molecule has 7 unspecified atom stereocenters. The zero-order valence-electron chi connectivity index (χ0n) is 15.3. The fourth-order valence-electron chi connectivity index (χ4n) is 3.65. The van der Waals surface area contributed by atoms with E-state index < -0.39 is 49.3 Å². The summed E-state index contributed by atoms with van der Waals surface area (Å²) in [5.74, 6) is -0.548. The first-order valence-electron chi connectivity index (χ1n) is 9.04. The molecule has 1 heterocycles. The van der Waals surface area contributed by atoms with Crippen LogP contribution in [0.1, 0.15) is 40.1 Å². The van der Waals surface area contributed by atoms with Gasteiger partial charge in [0.05, 0.1) is 19.3 Å². The molecule has 5 N–H and O–H groups in total. The van der Waals surface area contributed by atoms with Gasteiger partial charge in [-0.1, -0.05) is 13.0 Å². The van der Waals surface area contributed by atoms with Gasteiger partial charge in [0, 0.05) is 11.5 Å². The molecule has 0 radical (unpaired) electrons. The Bertz CT molecular complexity index is 703. The molecule has 1 aliphatic heterocycles. The standard InChI is InChI=1S/C19H26O8/c1-8-5-11-12(15(22)9(2)14(11)21)6-10(8)3-4-26-19-18(25)17(24)16(23)13(7-20)27-19/h5-6,9,13-14,16-21,23-25H,3-4,7H2,1-2H3. The molecule has 8 heteroatoms. The number of hydrogen-bond donors (Lipinski definition) is 5. The van der Waals surface area contributed by atoms with Crippen molar-refractivity contribution in [3.8, 4) is 0 Å². The highest BCUT2D eigenvalue weighted by molar-refractivity contribution is 6.02. The van der Waals surface area contributed by atoms with Crippen LogP contribution in [0.5, 0.6) is 0 Å². The molecule has 1 aromatic carbocycles. The summed E-state index contributed by atoms with van der Waals surface area (Å²) in [5.41, 5.74) is 2.94. The van der Waals surface area contributed by atoms with Gasteiger partial charge in [-0.3, -0.25) is 4.79 Å². The van der Waals surface area contributed by atoms with Gasteiger partial charge >= 0.3 is 0 Å². The molecule has 0 spiro atoms. The predicted octanol–water partition coefficient (Wildman–Crippen LogP) is -0.780. The maximum Gasteiger partial charge on any atom is 0.186 e. The Hall–Kier alpha value is -1.39. The number of aryl methyl sites for hydroxylation is 1. The quantitative estimate of drug-likeness (QED) is 0.447. The maximum absolute atomic E-state index is 12.3. The Morgan fingerprint density at radius 2 is 1.81 bits per heavy atom. The maximum atomic E-state index is 12.3. The molecule has 0 aromatic heterocycles. The molecule has 2 aliphatic rings. The molecule has 0 bridgehead atoms. The van der Waals surface area contributed by atoms with Gasteiger partial charge in [0.2, 0.25) is 0 Å². The van der Waals surface area contributed by atoms with Crippen molar-refractivity contribution < 1.29 is 39.8 Å². The number of aliphatic hydroxyl groups excluding tert-OH is 5. The molecule has 27 heavy (non-hydrogen) atoms. The SMILES string of the molecule is Cc1cc2c(cc1CCOC1OC(CO)C(O)C(O)C1O)C(=O)C(C)C2O. The van der Waals surface area contributed by atoms with Gasteiger partial charge in [-0.15, -0.1) is 0 Å².